The Balaban J connectivity index is 1.77. The third-order valence-corrected chi connectivity index (χ3v) is 3.27. The Kier molecular flexibility index (Phi) is 2.16. The van der Waals surface area contributed by atoms with Gasteiger partial charge in [-0.15, -0.1) is 0 Å². The van der Waals surface area contributed by atoms with Crippen molar-refractivity contribution in [2.45, 2.75) is 51.3 Å². The summed E-state index contributed by atoms with van der Waals surface area (Å²) in [7, 11) is 2.24. The van der Waals surface area contributed by atoms with Gasteiger partial charge >= 0.3 is 0 Å². The second-order valence-corrected chi connectivity index (χ2v) is 5.54. The van der Waals surface area contributed by atoms with E-state index in [9.17, 15) is 0 Å². The average Bonchev–Trinajstić information content (AvgIpc) is 2.68. The largest absolute Gasteiger partial charge is 0.374 e. The summed E-state index contributed by atoms with van der Waals surface area (Å²) in [6.07, 6.45) is 2.79. The second-order valence-electron chi connectivity index (χ2n) is 5.54. The first-order chi connectivity index (χ1) is 5.97. The van der Waals surface area contributed by atoms with Gasteiger partial charge in [-0.05, 0) is 46.6 Å². The van der Waals surface area contributed by atoms with Crippen LogP contribution in [0.25, 0.3) is 0 Å². The number of rotatable bonds is 2. The number of hydrogen-bond donors (Lipinski definition) is 0. The van der Waals surface area contributed by atoms with Crippen LogP contribution in [0.15, 0.2) is 0 Å². The molecule has 0 aromatic carbocycles. The Bertz CT molecular complexity index is 197. The van der Waals surface area contributed by atoms with Crippen molar-refractivity contribution >= 4 is 0 Å². The molecule has 0 aromatic rings. The lowest BCUT2D eigenvalue weighted by Crippen LogP contribution is -2.35. The number of ether oxygens (including phenoxy) is 1. The van der Waals surface area contributed by atoms with Crippen LogP contribution < -0.4 is 0 Å². The quantitative estimate of drug-likeness (QED) is 0.648. The van der Waals surface area contributed by atoms with Crippen molar-refractivity contribution in [1.82, 2.24) is 4.90 Å². The van der Waals surface area contributed by atoms with Gasteiger partial charge in [0, 0.05) is 12.1 Å². The number of fused-ring (bicyclic) bond motifs is 1. The maximum absolute atomic E-state index is 5.81. The molecule has 0 spiro atoms. The Morgan fingerprint density at radius 1 is 1.31 bits per heavy atom. The molecule has 2 nitrogen and oxygen atoms in total. The third kappa shape index (κ3) is 2.05. The standard InChI is InChI=1S/C11H21NO/c1-11(2,3)13-7-9-5-8-6-10(8)12(9)4/h8-10H,5-7H2,1-4H3/t8-,9-,10+/m0/s1. The van der Waals surface area contributed by atoms with Crippen molar-refractivity contribution in [2.75, 3.05) is 13.7 Å². The Hall–Kier alpha value is -0.0800. The second kappa shape index (κ2) is 2.96. The molecule has 3 atom stereocenters. The summed E-state index contributed by atoms with van der Waals surface area (Å²) in [6, 6.07) is 1.58. The van der Waals surface area contributed by atoms with E-state index in [1.54, 1.807) is 0 Å². The van der Waals surface area contributed by atoms with Gasteiger partial charge in [-0.1, -0.05) is 0 Å². The lowest BCUT2D eigenvalue weighted by molar-refractivity contribution is -0.0285. The van der Waals surface area contributed by atoms with Crippen LogP contribution in [0.5, 0.6) is 0 Å². The van der Waals surface area contributed by atoms with E-state index in [0.717, 1.165) is 18.6 Å². The van der Waals surface area contributed by atoms with Crippen molar-refractivity contribution in [3.8, 4) is 0 Å². The van der Waals surface area contributed by atoms with Crippen molar-refractivity contribution in [2.24, 2.45) is 5.92 Å². The SMILES string of the molecule is CN1[C@H](COC(C)(C)C)C[C@H]2C[C@H]21. The number of likely N-dealkylation sites (tertiary alicyclic amines) is 1. The summed E-state index contributed by atoms with van der Waals surface area (Å²) in [5.41, 5.74) is 0.0214. The van der Waals surface area contributed by atoms with E-state index < -0.39 is 0 Å². The average molecular weight is 183 g/mol. The molecular weight excluding hydrogens is 162 g/mol. The fourth-order valence-corrected chi connectivity index (χ4v) is 2.30. The van der Waals surface area contributed by atoms with E-state index in [0.29, 0.717) is 6.04 Å². The molecule has 0 N–H and O–H groups in total. The fourth-order valence-electron chi connectivity index (χ4n) is 2.30. The van der Waals surface area contributed by atoms with Gasteiger partial charge in [0.1, 0.15) is 0 Å². The summed E-state index contributed by atoms with van der Waals surface area (Å²) in [5.74, 6) is 0.999. The van der Waals surface area contributed by atoms with E-state index in [4.69, 9.17) is 4.74 Å². The molecule has 0 unspecified atom stereocenters. The Morgan fingerprint density at radius 3 is 2.46 bits per heavy atom. The molecule has 1 aliphatic heterocycles. The molecule has 1 saturated carbocycles. The molecule has 0 aromatic heterocycles. The first kappa shape index (κ1) is 9.47. The molecule has 2 rings (SSSR count). The van der Waals surface area contributed by atoms with E-state index in [-0.39, 0.29) is 5.60 Å². The van der Waals surface area contributed by atoms with Gasteiger partial charge in [0.15, 0.2) is 0 Å². The summed E-state index contributed by atoms with van der Waals surface area (Å²) in [4.78, 5) is 2.51. The molecular formula is C11H21NO. The highest BCUT2D eigenvalue weighted by Crippen LogP contribution is 2.46. The van der Waals surface area contributed by atoms with Crippen LogP contribution >= 0.6 is 0 Å². The lowest BCUT2D eigenvalue weighted by atomic mass is 10.1. The highest BCUT2D eigenvalue weighted by molar-refractivity contribution is 5.04. The van der Waals surface area contributed by atoms with Gasteiger partial charge in [-0.25, -0.2) is 0 Å². The highest BCUT2D eigenvalue weighted by atomic mass is 16.5. The van der Waals surface area contributed by atoms with Gasteiger partial charge in [0.25, 0.3) is 0 Å². The maximum atomic E-state index is 5.81. The number of likely N-dealkylation sites (N-methyl/N-ethyl adjacent to an activating group) is 1. The summed E-state index contributed by atoms with van der Waals surface area (Å²) in [6.45, 7) is 7.29. The zero-order valence-electron chi connectivity index (χ0n) is 9.21. The monoisotopic (exact) mass is 183 g/mol. The molecule has 2 heteroatoms. The zero-order valence-corrected chi connectivity index (χ0v) is 9.21. The smallest absolute Gasteiger partial charge is 0.0629 e. The van der Waals surface area contributed by atoms with E-state index in [1.807, 2.05) is 0 Å². The van der Waals surface area contributed by atoms with Crippen LogP contribution in [0.4, 0.5) is 0 Å². The van der Waals surface area contributed by atoms with Gasteiger partial charge in [0.2, 0.25) is 0 Å². The lowest BCUT2D eigenvalue weighted by Gasteiger charge is -2.27. The van der Waals surface area contributed by atoms with E-state index in [1.165, 1.54) is 12.8 Å². The van der Waals surface area contributed by atoms with Crippen LogP contribution in [0.3, 0.4) is 0 Å². The summed E-state index contributed by atoms with van der Waals surface area (Å²) >= 11 is 0. The molecule has 0 bridgehead atoms. The minimum Gasteiger partial charge on any atom is -0.374 e. The number of piperidine rings is 1. The minimum atomic E-state index is 0.0214. The zero-order chi connectivity index (χ0) is 9.64. The van der Waals surface area contributed by atoms with E-state index >= 15 is 0 Å². The van der Waals surface area contributed by atoms with Gasteiger partial charge in [-0.3, -0.25) is 4.90 Å². The maximum Gasteiger partial charge on any atom is 0.0629 e. The van der Waals surface area contributed by atoms with Gasteiger partial charge in [0.05, 0.1) is 12.2 Å². The number of hydrogen-bond acceptors (Lipinski definition) is 2. The van der Waals surface area contributed by atoms with Crippen molar-refractivity contribution in [3.05, 3.63) is 0 Å². The first-order valence-corrected chi connectivity index (χ1v) is 5.33. The predicted octanol–water partition coefficient (Wildman–Crippen LogP) is 1.89. The predicted molar refractivity (Wildman–Crippen MR) is 53.8 cm³/mol. The summed E-state index contributed by atoms with van der Waals surface area (Å²) in [5, 5.41) is 0. The number of nitrogens with zero attached hydrogens (tertiary/aromatic N) is 1. The molecule has 2 fully saturated rings. The van der Waals surface area contributed by atoms with Crippen LogP contribution in [0.1, 0.15) is 33.6 Å². The van der Waals surface area contributed by atoms with Crippen molar-refractivity contribution < 1.29 is 4.74 Å². The van der Waals surface area contributed by atoms with Gasteiger partial charge < -0.3 is 4.74 Å². The molecule has 0 amide bonds. The Labute approximate surface area is 81.3 Å². The topological polar surface area (TPSA) is 12.5 Å². The molecule has 13 heavy (non-hydrogen) atoms. The molecule has 0 radical (unpaired) electrons. The van der Waals surface area contributed by atoms with E-state index in [2.05, 4.69) is 32.7 Å². The van der Waals surface area contributed by atoms with Crippen LogP contribution in [-0.2, 0) is 4.74 Å². The molecule has 1 aliphatic carbocycles. The van der Waals surface area contributed by atoms with Crippen LogP contribution in [0, 0.1) is 5.92 Å². The molecule has 2 aliphatic rings. The highest BCUT2D eigenvalue weighted by Gasteiger charge is 2.50. The van der Waals surface area contributed by atoms with Crippen molar-refractivity contribution in [3.63, 3.8) is 0 Å². The minimum absolute atomic E-state index is 0.0214. The van der Waals surface area contributed by atoms with Crippen LogP contribution in [0.2, 0.25) is 0 Å². The summed E-state index contributed by atoms with van der Waals surface area (Å²) < 4.78 is 5.81. The molecule has 1 heterocycles. The third-order valence-electron chi connectivity index (χ3n) is 3.27. The molecule has 76 valence electrons. The molecule has 1 saturated heterocycles. The Morgan fingerprint density at radius 2 is 2.00 bits per heavy atom. The van der Waals surface area contributed by atoms with Crippen LogP contribution in [-0.4, -0.2) is 36.2 Å². The van der Waals surface area contributed by atoms with Gasteiger partial charge in [-0.2, -0.15) is 0 Å². The first-order valence-electron chi connectivity index (χ1n) is 5.33. The fraction of sp³-hybridized carbons (Fsp3) is 1.00. The normalized spacial score (nSPS) is 39.2. The van der Waals surface area contributed by atoms with Crippen molar-refractivity contribution in [1.29, 1.82) is 0 Å².